The van der Waals surface area contributed by atoms with E-state index in [9.17, 15) is 0 Å². The molecule has 0 N–H and O–H groups in total. The van der Waals surface area contributed by atoms with Crippen molar-refractivity contribution in [1.29, 1.82) is 0 Å². The van der Waals surface area contributed by atoms with Gasteiger partial charge in [-0.2, -0.15) is 0 Å². The van der Waals surface area contributed by atoms with E-state index in [-0.39, 0.29) is 0 Å². The van der Waals surface area contributed by atoms with Crippen LogP contribution >= 0.6 is 19.4 Å². The summed E-state index contributed by atoms with van der Waals surface area (Å²) in [5.74, 6) is 0. The minimum absolute atomic E-state index is 0.942. The van der Waals surface area contributed by atoms with Crippen LogP contribution < -0.4 is 4.90 Å². The number of aryl methyl sites for hydroxylation is 3. The number of anilines is 1. The molecule has 124 valence electrons. The van der Waals surface area contributed by atoms with Gasteiger partial charge in [0.2, 0.25) is 0 Å². The summed E-state index contributed by atoms with van der Waals surface area (Å²) in [4.78, 5) is 4.71. The number of rotatable bonds is 6. The third-order valence-corrected chi connectivity index (χ3v) is 6.15. The fourth-order valence-electron chi connectivity index (χ4n) is 2.99. The van der Waals surface area contributed by atoms with Gasteiger partial charge in [0.05, 0.1) is 0 Å². The maximum atomic E-state index is 5.84. The zero-order valence-corrected chi connectivity index (χ0v) is 16.7. The van der Waals surface area contributed by atoms with Crippen LogP contribution in [0.1, 0.15) is 36.0 Å². The van der Waals surface area contributed by atoms with E-state index in [1.54, 1.807) is 0 Å². The van der Waals surface area contributed by atoms with Gasteiger partial charge in [-0.15, -0.1) is 0 Å². The Balaban J connectivity index is 1.86. The molecule has 1 heterocycles. The van der Waals surface area contributed by atoms with Crippen molar-refractivity contribution in [2.45, 2.75) is 40.0 Å². The third kappa shape index (κ3) is 5.08. The van der Waals surface area contributed by atoms with Gasteiger partial charge >= 0.3 is 141 Å². The fraction of sp³-hybridized carbons (Fsp3) is 0.471. The first-order chi connectivity index (χ1) is 10.5. The number of hydrogen-bond donors (Lipinski definition) is 0. The van der Waals surface area contributed by atoms with Crippen LogP contribution in [0.15, 0.2) is 24.5 Å². The standard InChI is InChI=1S/C17H24N2.2ClH.Ru/c1-5-6-7-8-18-9-10-19(13-18)17-15(3)11-14(2)12-16(17)4;;;/h1,9-12H,5-8,13H2,2-4H3;2*1H;/q;;;+2/p-2. The quantitative estimate of drug-likeness (QED) is 0.462. The van der Waals surface area contributed by atoms with Crippen molar-refractivity contribution in [3.05, 3.63) is 41.2 Å². The van der Waals surface area contributed by atoms with Crippen LogP contribution in [0.2, 0.25) is 0 Å². The van der Waals surface area contributed by atoms with Crippen molar-refractivity contribution in [2.75, 3.05) is 18.1 Å². The van der Waals surface area contributed by atoms with E-state index >= 15 is 0 Å². The van der Waals surface area contributed by atoms with Crippen molar-refractivity contribution >= 4 is 29.7 Å². The molecule has 0 saturated carbocycles. The van der Waals surface area contributed by atoms with Gasteiger partial charge in [0.25, 0.3) is 0 Å². The molecule has 0 unspecified atom stereocenters. The Morgan fingerprint density at radius 3 is 2.41 bits per heavy atom. The Bertz CT molecular complexity index is 557. The summed E-state index contributed by atoms with van der Waals surface area (Å²) in [5, 5.41) is 0. The molecular weight excluding hydrogens is 404 g/mol. The van der Waals surface area contributed by atoms with Crippen LogP contribution in [0.4, 0.5) is 5.69 Å². The Morgan fingerprint density at radius 1 is 1.09 bits per heavy atom. The van der Waals surface area contributed by atoms with Gasteiger partial charge in [-0.3, -0.25) is 0 Å². The summed E-state index contributed by atoms with van der Waals surface area (Å²) in [6.45, 7) is 8.57. The predicted octanol–water partition coefficient (Wildman–Crippen LogP) is 5.06. The molecule has 1 aromatic rings. The average Bonchev–Trinajstić information content (AvgIpc) is 2.85. The van der Waals surface area contributed by atoms with Crippen molar-refractivity contribution in [1.82, 2.24) is 4.90 Å². The van der Waals surface area contributed by atoms with Crippen LogP contribution in [-0.2, 0) is 13.5 Å². The molecule has 1 aliphatic heterocycles. The second kappa shape index (κ2) is 8.48. The zero-order chi connectivity index (χ0) is 16.1. The minimum atomic E-state index is -1.56. The fourth-order valence-corrected chi connectivity index (χ4v) is 4.64. The Labute approximate surface area is 147 Å². The van der Waals surface area contributed by atoms with Crippen molar-refractivity contribution in [2.24, 2.45) is 0 Å². The summed E-state index contributed by atoms with van der Waals surface area (Å²) in [7, 11) is 11.7. The Kier molecular flexibility index (Phi) is 6.93. The van der Waals surface area contributed by atoms with E-state index in [0.717, 1.165) is 26.1 Å². The molecule has 0 fully saturated rings. The number of halogens is 2. The van der Waals surface area contributed by atoms with E-state index in [1.807, 2.05) is 0 Å². The molecular formula is C17H24Cl2N2Ru. The molecule has 0 aromatic heterocycles. The average molecular weight is 428 g/mol. The molecule has 2 nitrogen and oxygen atoms in total. The van der Waals surface area contributed by atoms with Gasteiger partial charge in [0, 0.05) is 0 Å². The van der Waals surface area contributed by atoms with Gasteiger partial charge < -0.3 is 0 Å². The zero-order valence-electron chi connectivity index (χ0n) is 13.4. The summed E-state index contributed by atoms with van der Waals surface area (Å²) in [6, 6.07) is 4.51. The van der Waals surface area contributed by atoms with Gasteiger partial charge in [-0.1, -0.05) is 0 Å². The Morgan fingerprint density at radius 2 is 1.77 bits per heavy atom. The summed E-state index contributed by atoms with van der Waals surface area (Å²) in [6.07, 6.45) is 7.78. The van der Waals surface area contributed by atoms with E-state index < -0.39 is 13.5 Å². The van der Waals surface area contributed by atoms with Gasteiger partial charge in [0.1, 0.15) is 0 Å². The first-order valence-corrected chi connectivity index (χ1v) is 13.0. The number of benzene rings is 1. The molecule has 1 aliphatic rings. The van der Waals surface area contributed by atoms with Gasteiger partial charge in [-0.25, -0.2) is 0 Å². The van der Waals surface area contributed by atoms with Crippen LogP contribution in [0.5, 0.6) is 0 Å². The second-order valence-electron chi connectivity index (χ2n) is 5.81. The Hall–Kier alpha value is -0.367. The normalized spacial score (nSPS) is 14.7. The monoisotopic (exact) mass is 428 g/mol. The number of hydrogen-bond acceptors (Lipinski definition) is 2. The van der Waals surface area contributed by atoms with Crippen molar-refractivity contribution in [3.63, 3.8) is 0 Å². The van der Waals surface area contributed by atoms with Crippen LogP contribution in [0.3, 0.4) is 0 Å². The SMILES string of the molecule is Cc1cc(C)c(N2C=CN(CCCC[CH]=[Ru]([Cl])[Cl])C2)c(C)c1. The van der Waals surface area contributed by atoms with Crippen LogP contribution in [-0.4, -0.2) is 22.7 Å². The maximum absolute atomic E-state index is 5.84. The van der Waals surface area contributed by atoms with E-state index in [2.05, 4.69) is 59.7 Å². The molecule has 0 saturated heterocycles. The summed E-state index contributed by atoms with van der Waals surface area (Å²) >= 11 is -1.56. The predicted molar refractivity (Wildman–Crippen MR) is 95.5 cm³/mol. The molecule has 0 aliphatic carbocycles. The topological polar surface area (TPSA) is 6.48 Å². The molecule has 0 spiro atoms. The summed E-state index contributed by atoms with van der Waals surface area (Å²) < 4.78 is 2.10. The molecule has 5 heteroatoms. The molecule has 0 amide bonds. The van der Waals surface area contributed by atoms with Gasteiger partial charge in [-0.05, 0) is 6.92 Å². The molecule has 0 bridgehead atoms. The number of nitrogens with zero attached hydrogens (tertiary/aromatic N) is 2. The van der Waals surface area contributed by atoms with E-state index in [4.69, 9.17) is 19.4 Å². The summed E-state index contributed by atoms with van der Waals surface area (Å²) in [5.41, 5.74) is 5.37. The van der Waals surface area contributed by atoms with Crippen LogP contribution in [0, 0.1) is 20.8 Å². The molecule has 2 rings (SSSR count). The molecule has 1 aromatic carbocycles. The van der Waals surface area contributed by atoms with Crippen molar-refractivity contribution < 1.29 is 13.5 Å². The first-order valence-electron chi connectivity index (χ1n) is 7.56. The van der Waals surface area contributed by atoms with E-state index in [1.165, 1.54) is 28.8 Å². The first kappa shape index (κ1) is 18.0. The number of unbranched alkanes of at least 4 members (excludes halogenated alkanes) is 2. The molecule has 0 radical (unpaired) electrons. The van der Waals surface area contributed by atoms with Crippen LogP contribution in [0.25, 0.3) is 0 Å². The molecule has 22 heavy (non-hydrogen) atoms. The van der Waals surface area contributed by atoms with Crippen molar-refractivity contribution in [3.8, 4) is 0 Å². The second-order valence-corrected chi connectivity index (χ2v) is 11.7. The third-order valence-electron chi connectivity index (χ3n) is 3.82. The van der Waals surface area contributed by atoms with E-state index in [0.29, 0.717) is 0 Å². The van der Waals surface area contributed by atoms with Gasteiger partial charge in [0.15, 0.2) is 0 Å². The molecule has 0 atom stereocenters.